The maximum atomic E-state index is 11.4. The summed E-state index contributed by atoms with van der Waals surface area (Å²) in [6.45, 7) is 0. The minimum Gasteiger partial charge on any atom is -0.398 e. The summed E-state index contributed by atoms with van der Waals surface area (Å²) >= 11 is 0. The van der Waals surface area contributed by atoms with E-state index >= 15 is 0 Å². The molecule has 4 N–H and O–H groups in total. The van der Waals surface area contributed by atoms with Gasteiger partial charge in [0.25, 0.3) is 20.2 Å². The maximum Gasteiger partial charge on any atom is 0.294 e. The quantitative estimate of drug-likeness (QED) is 0.339. The fourth-order valence-electron chi connectivity index (χ4n) is 2.40. The second-order valence-corrected chi connectivity index (χ2v) is 8.37. The lowest BCUT2D eigenvalue weighted by Gasteiger charge is -2.06. The average Bonchev–Trinajstić information content (AvgIpc) is 2.60. The van der Waals surface area contributed by atoms with Gasteiger partial charge in [0.15, 0.2) is 0 Å². The van der Waals surface area contributed by atoms with Gasteiger partial charge in [0.05, 0.1) is 21.2 Å². The van der Waals surface area contributed by atoms with Gasteiger partial charge in [0, 0.05) is 16.5 Å². The molecule has 0 aliphatic heterocycles. The lowest BCUT2D eigenvalue weighted by atomic mass is 10.1. The minimum atomic E-state index is -4.42. The maximum absolute atomic E-state index is 11.4. The standard InChI is InChI=1S/C16H13N3O6S2/c17-15-6-7-16(14-9-12(27(23,24)25)4-5-13(14)15)19-18-10-2-1-3-11(8-10)26(20,21)22/h1-9H,17H2,(H,20,21,22)(H,23,24,25)/b19-18+. The Kier molecular flexibility index (Phi) is 4.70. The predicted octanol–water partition coefficient (Wildman–Crippen LogP) is 3.33. The van der Waals surface area contributed by atoms with E-state index in [1.54, 1.807) is 6.07 Å². The number of nitrogens with two attached hydrogens (primary N) is 1. The fraction of sp³-hybridized carbons (Fsp3) is 0. The first kappa shape index (κ1) is 18.9. The molecule has 0 unspecified atom stereocenters. The first-order valence-electron chi connectivity index (χ1n) is 7.35. The molecular formula is C16H13N3O6S2. The molecule has 0 saturated heterocycles. The van der Waals surface area contributed by atoms with Crippen LogP contribution in [0.1, 0.15) is 0 Å². The van der Waals surface area contributed by atoms with E-state index in [-0.39, 0.29) is 21.2 Å². The summed E-state index contributed by atoms with van der Waals surface area (Å²) in [7, 11) is -8.80. The second-order valence-electron chi connectivity index (χ2n) is 5.53. The van der Waals surface area contributed by atoms with Crippen LogP contribution in [0.3, 0.4) is 0 Å². The van der Waals surface area contributed by atoms with Gasteiger partial charge in [0.2, 0.25) is 0 Å². The highest BCUT2D eigenvalue weighted by molar-refractivity contribution is 7.86. The number of azo groups is 1. The van der Waals surface area contributed by atoms with Crippen LogP contribution in [0.5, 0.6) is 0 Å². The van der Waals surface area contributed by atoms with Crippen LogP contribution in [0.4, 0.5) is 17.1 Å². The SMILES string of the molecule is Nc1ccc(/N=N/c2cccc(S(=O)(=O)O)c2)c2cc(S(=O)(=O)O)ccc12. The number of fused-ring (bicyclic) bond motifs is 1. The van der Waals surface area contributed by atoms with E-state index in [4.69, 9.17) is 10.3 Å². The topological polar surface area (TPSA) is 159 Å². The first-order chi connectivity index (χ1) is 12.6. The van der Waals surface area contributed by atoms with E-state index in [2.05, 4.69) is 10.2 Å². The summed E-state index contributed by atoms with van der Waals surface area (Å²) < 4.78 is 63.4. The zero-order chi connectivity index (χ0) is 19.8. The number of nitrogen functional groups attached to an aromatic ring is 1. The molecule has 3 aromatic rings. The molecule has 0 heterocycles. The normalized spacial score (nSPS) is 12.7. The monoisotopic (exact) mass is 407 g/mol. The van der Waals surface area contributed by atoms with E-state index in [0.29, 0.717) is 16.5 Å². The number of hydrogen-bond donors (Lipinski definition) is 3. The van der Waals surface area contributed by atoms with Crippen LogP contribution in [0.25, 0.3) is 10.8 Å². The number of nitrogens with zero attached hydrogens (tertiary/aromatic N) is 2. The molecule has 0 amide bonds. The van der Waals surface area contributed by atoms with Crippen molar-refractivity contribution in [2.45, 2.75) is 9.79 Å². The van der Waals surface area contributed by atoms with Crippen LogP contribution in [-0.2, 0) is 20.2 Å². The third-order valence-corrected chi connectivity index (χ3v) is 5.38. The number of hydrogen-bond acceptors (Lipinski definition) is 7. The Balaban J connectivity index is 2.12. The van der Waals surface area contributed by atoms with Gasteiger partial charge in [0.1, 0.15) is 0 Å². The molecule has 0 aliphatic rings. The number of benzene rings is 3. The van der Waals surface area contributed by atoms with Gasteiger partial charge >= 0.3 is 0 Å². The van der Waals surface area contributed by atoms with Crippen molar-refractivity contribution < 1.29 is 25.9 Å². The zero-order valence-corrected chi connectivity index (χ0v) is 15.1. The largest absolute Gasteiger partial charge is 0.398 e. The minimum absolute atomic E-state index is 0.154. The molecule has 0 aliphatic carbocycles. The summed E-state index contributed by atoms with van der Waals surface area (Å²) in [5, 5.41) is 8.77. The highest BCUT2D eigenvalue weighted by Gasteiger charge is 2.13. The predicted molar refractivity (Wildman–Crippen MR) is 98.6 cm³/mol. The third kappa shape index (κ3) is 4.11. The van der Waals surface area contributed by atoms with E-state index in [9.17, 15) is 21.4 Å². The van der Waals surface area contributed by atoms with Gasteiger partial charge in [-0.15, -0.1) is 5.11 Å². The zero-order valence-electron chi connectivity index (χ0n) is 13.5. The molecule has 0 radical (unpaired) electrons. The Morgan fingerprint density at radius 1 is 0.741 bits per heavy atom. The summed E-state index contributed by atoms with van der Waals surface area (Å²) in [6, 6.07) is 12.1. The third-order valence-electron chi connectivity index (χ3n) is 3.69. The van der Waals surface area contributed by atoms with Gasteiger partial charge in [-0.25, -0.2) is 0 Å². The molecule has 27 heavy (non-hydrogen) atoms. The van der Waals surface area contributed by atoms with E-state index < -0.39 is 20.2 Å². The number of rotatable bonds is 4. The van der Waals surface area contributed by atoms with Gasteiger partial charge in [-0.05, 0) is 42.5 Å². The van der Waals surface area contributed by atoms with Crippen LogP contribution in [0.2, 0.25) is 0 Å². The molecule has 140 valence electrons. The van der Waals surface area contributed by atoms with Gasteiger partial charge in [-0.1, -0.05) is 12.1 Å². The van der Waals surface area contributed by atoms with Gasteiger partial charge in [-0.3, -0.25) is 9.11 Å². The molecule has 0 saturated carbocycles. The summed E-state index contributed by atoms with van der Waals surface area (Å²) in [5.41, 5.74) is 6.66. The van der Waals surface area contributed by atoms with E-state index in [1.807, 2.05) is 0 Å². The van der Waals surface area contributed by atoms with Crippen LogP contribution in [0.15, 0.2) is 74.6 Å². The Bertz CT molecular complexity index is 1280. The summed E-state index contributed by atoms with van der Waals surface area (Å²) in [6.07, 6.45) is 0. The van der Waals surface area contributed by atoms with Crippen molar-refractivity contribution in [1.29, 1.82) is 0 Å². The van der Waals surface area contributed by atoms with Crippen molar-refractivity contribution in [2.24, 2.45) is 10.2 Å². The molecule has 9 nitrogen and oxygen atoms in total. The summed E-state index contributed by atoms with van der Waals surface area (Å²) in [4.78, 5) is -0.666. The summed E-state index contributed by atoms with van der Waals surface area (Å²) in [5.74, 6) is 0. The van der Waals surface area contributed by atoms with Crippen LogP contribution in [0, 0.1) is 0 Å². The lowest BCUT2D eigenvalue weighted by Crippen LogP contribution is -1.98. The van der Waals surface area contributed by atoms with Crippen molar-refractivity contribution in [1.82, 2.24) is 0 Å². The number of anilines is 1. The van der Waals surface area contributed by atoms with Crippen molar-refractivity contribution in [3.05, 3.63) is 54.6 Å². The van der Waals surface area contributed by atoms with Crippen molar-refractivity contribution in [2.75, 3.05) is 5.73 Å². The molecule has 0 bridgehead atoms. The fourth-order valence-corrected chi connectivity index (χ4v) is 3.43. The molecule has 0 aromatic heterocycles. The van der Waals surface area contributed by atoms with Crippen molar-refractivity contribution in [3.63, 3.8) is 0 Å². The van der Waals surface area contributed by atoms with Gasteiger partial charge in [-0.2, -0.15) is 21.9 Å². The molecule has 0 fully saturated rings. The lowest BCUT2D eigenvalue weighted by molar-refractivity contribution is 0.481. The molecule has 3 rings (SSSR count). The first-order valence-corrected chi connectivity index (χ1v) is 10.2. The second kappa shape index (κ2) is 6.70. The molecule has 0 atom stereocenters. The average molecular weight is 407 g/mol. The van der Waals surface area contributed by atoms with Crippen LogP contribution in [-0.4, -0.2) is 25.9 Å². The Hall–Kier alpha value is -2.86. The van der Waals surface area contributed by atoms with E-state index in [0.717, 1.165) is 6.07 Å². The van der Waals surface area contributed by atoms with E-state index in [1.165, 1.54) is 42.5 Å². The Labute approximate surface area is 154 Å². The van der Waals surface area contributed by atoms with Gasteiger partial charge < -0.3 is 5.73 Å². The molecular weight excluding hydrogens is 394 g/mol. The molecule has 3 aromatic carbocycles. The van der Waals surface area contributed by atoms with Crippen molar-refractivity contribution >= 4 is 48.1 Å². The highest BCUT2D eigenvalue weighted by Crippen LogP contribution is 2.33. The van der Waals surface area contributed by atoms with Crippen LogP contribution >= 0.6 is 0 Å². The molecule has 0 spiro atoms. The van der Waals surface area contributed by atoms with Crippen LogP contribution < -0.4 is 5.73 Å². The highest BCUT2D eigenvalue weighted by atomic mass is 32.2. The Morgan fingerprint density at radius 3 is 2.07 bits per heavy atom. The smallest absolute Gasteiger partial charge is 0.294 e. The van der Waals surface area contributed by atoms with Crippen molar-refractivity contribution in [3.8, 4) is 0 Å². The molecule has 11 heteroatoms. The Morgan fingerprint density at radius 2 is 1.41 bits per heavy atom.